The quantitative estimate of drug-likeness (QED) is 0.442. The molecule has 0 N–H and O–H groups in total. The molecule has 7 heteroatoms. The van der Waals surface area contributed by atoms with Gasteiger partial charge in [0.2, 0.25) is 5.91 Å². The molecule has 2 rings (SSSR count). The number of rotatable bonds is 3. The fraction of sp³-hybridized carbons (Fsp3) is 0.500. The van der Waals surface area contributed by atoms with E-state index in [0.29, 0.717) is 5.69 Å². The molecule has 1 aliphatic rings. The summed E-state index contributed by atoms with van der Waals surface area (Å²) in [5, 5.41) is 11.2. The van der Waals surface area contributed by atoms with Crippen molar-refractivity contribution in [2.45, 2.75) is 25.8 Å². The van der Waals surface area contributed by atoms with Crippen molar-refractivity contribution < 1.29 is 9.72 Å². The van der Waals surface area contributed by atoms with Crippen molar-refractivity contribution in [3.63, 3.8) is 0 Å². The molecule has 1 aliphatic heterocycles. The van der Waals surface area contributed by atoms with Gasteiger partial charge in [0.25, 0.3) is 5.69 Å². The molecule has 0 unspecified atom stereocenters. The predicted molar refractivity (Wildman–Crippen MR) is 89.5 cm³/mol. The van der Waals surface area contributed by atoms with Gasteiger partial charge in [-0.05, 0) is 47.6 Å². The maximum atomic E-state index is 11.4. The summed E-state index contributed by atoms with van der Waals surface area (Å²) < 4.78 is 0.856. The fourth-order valence-electron chi connectivity index (χ4n) is 2.66. The van der Waals surface area contributed by atoms with Crippen LogP contribution in [0.5, 0.6) is 0 Å². The van der Waals surface area contributed by atoms with Crippen molar-refractivity contribution in [1.82, 2.24) is 4.90 Å². The number of nitrogens with zero attached hydrogens (tertiary/aromatic N) is 3. The van der Waals surface area contributed by atoms with Gasteiger partial charge >= 0.3 is 0 Å². The molecule has 1 heterocycles. The van der Waals surface area contributed by atoms with Gasteiger partial charge in [0.05, 0.1) is 4.92 Å². The van der Waals surface area contributed by atoms with E-state index in [4.69, 9.17) is 0 Å². The maximum Gasteiger partial charge on any atom is 0.293 e. The molecule has 21 heavy (non-hydrogen) atoms. The van der Waals surface area contributed by atoms with Gasteiger partial charge < -0.3 is 9.80 Å². The minimum absolute atomic E-state index is 0.0636. The van der Waals surface area contributed by atoms with Crippen LogP contribution in [0.15, 0.2) is 18.2 Å². The molecule has 6 nitrogen and oxygen atoms in total. The van der Waals surface area contributed by atoms with E-state index in [-0.39, 0.29) is 22.6 Å². The average molecular weight is 403 g/mol. The van der Waals surface area contributed by atoms with Gasteiger partial charge in [-0.2, -0.15) is 0 Å². The van der Waals surface area contributed by atoms with E-state index in [0.717, 1.165) is 29.5 Å². The third-order valence-corrected chi connectivity index (χ3v) is 4.65. The Balaban J connectivity index is 2.12. The van der Waals surface area contributed by atoms with Crippen LogP contribution in [0.25, 0.3) is 0 Å². The van der Waals surface area contributed by atoms with Crippen molar-refractivity contribution in [1.29, 1.82) is 0 Å². The van der Waals surface area contributed by atoms with Crippen LogP contribution in [-0.4, -0.2) is 41.9 Å². The van der Waals surface area contributed by atoms with Crippen LogP contribution in [-0.2, 0) is 4.79 Å². The van der Waals surface area contributed by atoms with Crippen LogP contribution in [0.3, 0.4) is 0 Å². The topological polar surface area (TPSA) is 66.7 Å². The zero-order valence-electron chi connectivity index (χ0n) is 12.1. The summed E-state index contributed by atoms with van der Waals surface area (Å²) in [6, 6.07) is 5.52. The van der Waals surface area contributed by atoms with E-state index < -0.39 is 0 Å². The van der Waals surface area contributed by atoms with Gasteiger partial charge in [0.1, 0.15) is 5.69 Å². The van der Waals surface area contributed by atoms with Gasteiger partial charge in [-0.3, -0.25) is 14.9 Å². The molecule has 0 bridgehead atoms. The van der Waals surface area contributed by atoms with E-state index in [1.807, 2.05) is 24.1 Å². The standard InChI is InChI=1S/C14H18IN3O3/c1-10(19)16(2)12-5-7-17(8-6-12)13-4-3-11(15)9-14(13)18(20)21/h3-4,9,12H,5-8H2,1-2H3. The van der Waals surface area contributed by atoms with Crippen LogP contribution in [0.2, 0.25) is 0 Å². The van der Waals surface area contributed by atoms with E-state index in [1.54, 1.807) is 17.9 Å². The Morgan fingerprint density at radius 1 is 1.43 bits per heavy atom. The molecule has 0 aliphatic carbocycles. The van der Waals surface area contributed by atoms with Crippen molar-refractivity contribution in [3.05, 3.63) is 31.9 Å². The molecule has 0 saturated carbocycles. The third kappa shape index (κ3) is 3.63. The maximum absolute atomic E-state index is 11.4. The lowest BCUT2D eigenvalue weighted by atomic mass is 10.0. The van der Waals surface area contributed by atoms with Crippen molar-refractivity contribution in [3.8, 4) is 0 Å². The van der Waals surface area contributed by atoms with E-state index in [2.05, 4.69) is 22.6 Å². The number of anilines is 1. The fourth-order valence-corrected chi connectivity index (χ4v) is 3.14. The molecule has 0 spiro atoms. The Morgan fingerprint density at radius 2 is 2.05 bits per heavy atom. The predicted octanol–water partition coefficient (Wildman–Crippen LogP) is 2.65. The number of hydrogen-bond acceptors (Lipinski definition) is 4. The van der Waals surface area contributed by atoms with Gasteiger partial charge in [0.15, 0.2) is 0 Å². The minimum Gasteiger partial charge on any atom is -0.366 e. The van der Waals surface area contributed by atoms with Crippen LogP contribution in [0, 0.1) is 13.7 Å². The molecular weight excluding hydrogens is 385 g/mol. The molecule has 1 saturated heterocycles. The summed E-state index contributed by atoms with van der Waals surface area (Å²) in [4.78, 5) is 26.1. The Bertz CT molecular complexity index is 556. The number of amides is 1. The summed E-state index contributed by atoms with van der Waals surface area (Å²) >= 11 is 2.08. The first-order valence-corrected chi connectivity index (χ1v) is 7.90. The van der Waals surface area contributed by atoms with Crippen molar-refractivity contribution in [2.24, 2.45) is 0 Å². The van der Waals surface area contributed by atoms with Crippen LogP contribution in [0.4, 0.5) is 11.4 Å². The number of nitro benzene ring substituents is 1. The summed E-state index contributed by atoms with van der Waals surface area (Å²) in [5.74, 6) is 0.0636. The highest BCUT2D eigenvalue weighted by molar-refractivity contribution is 14.1. The van der Waals surface area contributed by atoms with Crippen LogP contribution in [0.1, 0.15) is 19.8 Å². The second-order valence-electron chi connectivity index (χ2n) is 5.24. The number of carbonyl (C=O) groups is 1. The van der Waals surface area contributed by atoms with Crippen LogP contribution < -0.4 is 4.90 Å². The Labute approximate surface area is 137 Å². The van der Waals surface area contributed by atoms with E-state index >= 15 is 0 Å². The summed E-state index contributed by atoms with van der Waals surface area (Å²) in [5.41, 5.74) is 0.824. The average Bonchev–Trinajstić information content (AvgIpc) is 2.46. The zero-order valence-corrected chi connectivity index (χ0v) is 14.2. The molecule has 1 fully saturated rings. The van der Waals surface area contributed by atoms with Crippen molar-refractivity contribution in [2.75, 3.05) is 25.0 Å². The van der Waals surface area contributed by atoms with Crippen molar-refractivity contribution >= 4 is 39.9 Å². The molecule has 0 atom stereocenters. The Kier molecular flexibility index (Phi) is 5.02. The SMILES string of the molecule is CC(=O)N(C)C1CCN(c2ccc(I)cc2[N+](=O)[O-])CC1. The second kappa shape index (κ2) is 6.59. The smallest absolute Gasteiger partial charge is 0.293 e. The first-order chi connectivity index (χ1) is 9.90. The highest BCUT2D eigenvalue weighted by atomic mass is 127. The molecule has 0 radical (unpaired) electrons. The van der Waals surface area contributed by atoms with Gasteiger partial charge in [-0.25, -0.2) is 0 Å². The number of nitro groups is 1. The number of piperidine rings is 1. The lowest BCUT2D eigenvalue weighted by Crippen LogP contribution is -2.45. The molecule has 114 valence electrons. The number of hydrogen-bond donors (Lipinski definition) is 0. The lowest BCUT2D eigenvalue weighted by Gasteiger charge is -2.37. The van der Waals surface area contributed by atoms with Crippen LogP contribution >= 0.6 is 22.6 Å². The largest absolute Gasteiger partial charge is 0.366 e. The normalized spacial score (nSPS) is 15.9. The lowest BCUT2D eigenvalue weighted by molar-refractivity contribution is -0.384. The highest BCUT2D eigenvalue weighted by Crippen LogP contribution is 2.32. The summed E-state index contributed by atoms with van der Waals surface area (Å²) in [6.45, 7) is 3.02. The Hall–Kier alpha value is -1.38. The van der Waals surface area contributed by atoms with E-state index in [1.165, 1.54) is 0 Å². The summed E-state index contributed by atoms with van der Waals surface area (Å²) in [7, 11) is 1.82. The Morgan fingerprint density at radius 3 is 2.57 bits per heavy atom. The minimum atomic E-state index is -0.328. The number of carbonyl (C=O) groups excluding carboxylic acids is 1. The monoisotopic (exact) mass is 403 g/mol. The zero-order chi connectivity index (χ0) is 15.6. The summed E-state index contributed by atoms with van der Waals surface area (Å²) in [6.07, 6.45) is 1.67. The number of benzene rings is 1. The molecule has 0 aromatic heterocycles. The first kappa shape index (κ1) is 16.0. The first-order valence-electron chi connectivity index (χ1n) is 6.82. The van der Waals surface area contributed by atoms with Gasteiger partial charge in [0, 0.05) is 42.7 Å². The van der Waals surface area contributed by atoms with Gasteiger partial charge in [-0.1, -0.05) is 0 Å². The molecular formula is C14H18IN3O3. The number of halogens is 1. The van der Waals surface area contributed by atoms with Gasteiger partial charge in [-0.15, -0.1) is 0 Å². The third-order valence-electron chi connectivity index (χ3n) is 3.98. The molecule has 1 amide bonds. The molecule has 1 aromatic rings. The second-order valence-corrected chi connectivity index (χ2v) is 6.48. The molecule has 1 aromatic carbocycles. The highest BCUT2D eigenvalue weighted by Gasteiger charge is 2.27. The van der Waals surface area contributed by atoms with E-state index in [9.17, 15) is 14.9 Å².